The first-order valence-electron chi connectivity index (χ1n) is 6.89. The van der Waals surface area contributed by atoms with Gasteiger partial charge in [0.15, 0.2) is 0 Å². The second-order valence-corrected chi connectivity index (χ2v) is 5.09. The van der Waals surface area contributed by atoms with Crippen LogP contribution < -0.4 is 0 Å². The zero-order valence-corrected chi connectivity index (χ0v) is 11.3. The fourth-order valence-corrected chi connectivity index (χ4v) is 3.45. The zero-order chi connectivity index (χ0) is 13.0. The SMILES string of the molecule is C=CCN=C1C=C(OCC)[C@@H]2CCC[C@]12CC=C. The molecule has 0 saturated heterocycles. The molecule has 1 saturated carbocycles. The molecule has 2 aliphatic rings. The lowest BCUT2D eigenvalue weighted by Gasteiger charge is -2.30. The maximum atomic E-state index is 5.82. The molecule has 0 aromatic carbocycles. The molecule has 0 aliphatic heterocycles. The molecule has 0 aromatic rings. The lowest BCUT2D eigenvalue weighted by atomic mass is 9.75. The van der Waals surface area contributed by atoms with E-state index in [1.165, 1.54) is 25.0 Å². The highest BCUT2D eigenvalue weighted by Crippen LogP contribution is 2.55. The predicted octanol–water partition coefficient (Wildman–Crippen LogP) is 3.91. The van der Waals surface area contributed by atoms with Crippen LogP contribution in [0.5, 0.6) is 0 Å². The molecule has 0 spiro atoms. The number of ether oxygens (including phenoxy) is 1. The second-order valence-electron chi connectivity index (χ2n) is 5.09. The number of allylic oxidation sites excluding steroid dienone is 3. The van der Waals surface area contributed by atoms with Crippen molar-refractivity contribution in [2.24, 2.45) is 16.3 Å². The van der Waals surface area contributed by atoms with Gasteiger partial charge in [-0.25, -0.2) is 0 Å². The van der Waals surface area contributed by atoms with Gasteiger partial charge in [-0.2, -0.15) is 0 Å². The van der Waals surface area contributed by atoms with Crippen molar-refractivity contribution in [3.63, 3.8) is 0 Å². The van der Waals surface area contributed by atoms with E-state index < -0.39 is 0 Å². The molecule has 2 atom stereocenters. The van der Waals surface area contributed by atoms with Crippen molar-refractivity contribution in [3.8, 4) is 0 Å². The molecule has 2 rings (SSSR count). The smallest absolute Gasteiger partial charge is 0.102 e. The molecule has 0 unspecified atom stereocenters. The Hall–Kier alpha value is -1.31. The van der Waals surface area contributed by atoms with Crippen molar-refractivity contribution in [3.05, 3.63) is 37.1 Å². The summed E-state index contributed by atoms with van der Waals surface area (Å²) in [6, 6.07) is 0. The second kappa shape index (κ2) is 5.55. The molecular weight excluding hydrogens is 222 g/mol. The highest BCUT2D eigenvalue weighted by Gasteiger charge is 2.51. The standard InChI is InChI=1S/C16H23NO/c1-4-9-16-10-7-8-13(16)14(18-6-3)12-15(16)17-11-5-2/h4-5,12-13H,1-2,6-11H2,3H3/t13-,16-/m0/s1. The number of hydrogen-bond donors (Lipinski definition) is 0. The van der Waals surface area contributed by atoms with Gasteiger partial charge in [0, 0.05) is 17.0 Å². The molecule has 2 aliphatic carbocycles. The van der Waals surface area contributed by atoms with Crippen LogP contribution in [0.1, 0.15) is 32.6 Å². The molecule has 0 radical (unpaired) electrons. The van der Waals surface area contributed by atoms with Gasteiger partial charge in [-0.1, -0.05) is 18.6 Å². The molecule has 2 nitrogen and oxygen atoms in total. The molecule has 0 N–H and O–H groups in total. The Bertz CT molecular complexity index is 394. The summed E-state index contributed by atoms with van der Waals surface area (Å²) in [7, 11) is 0. The third kappa shape index (κ3) is 2.05. The van der Waals surface area contributed by atoms with Crippen molar-refractivity contribution >= 4 is 5.71 Å². The summed E-state index contributed by atoms with van der Waals surface area (Å²) < 4.78 is 5.82. The van der Waals surface area contributed by atoms with Crippen LogP contribution in [0.25, 0.3) is 0 Å². The number of rotatable bonds is 6. The largest absolute Gasteiger partial charge is 0.498 e. The van der Waals surface area contributed by atoms with Gasteiger partial charge in [0.05, 0.1) is 13.2 Å². The number of hydrogen-bond acceptors (Lipinski definition) is 2. The highest BCUT2D eigenvalue weighted by atomic mass is 16.5. The Balaban J connectivity index is 2.34. The Kier molecular flexibility index (Phi) is 4.05. The van der Waals surface area contributed by atoms with Gasteiger partial charge in [-0.3, -0.25) is 4.99 Å². The van der Waals surface area contributed by atoms with E-state index >= 15 is 0 Å². The van der Waals surface area contributed by atoms with Gasteiger partial charge in [-0.05, 0) is 32.3 Å². The van der Waals surface area contributed by atoms with Crippen LogP contribution in [-0.2, 0) is 4.74 Å². The lowest BCUT2D eigenvalue weighted by molar-refractivity contribution is 0.169. The van der Waals surface area contributed by atoms with E-state index in [0.29, 0.717) is 12.5 Å². The minimum Gasteiger partial charge on any atom is -0.498 e. The number of aliphatic imine (C=N–C) groups is 1. The fourth-order valence-electron chi connectivity index (χ4n) is 3.45. The summed E-state index contributed by atoms with van der Waals surface area (Å²) in [5.74, 6) is 1.65. The van der Waals surface area contributed by atoms with Crippen LogP contribution in [0.2, 0.25) is 0 Å². The molecule has 1 fully saturated rings. The predicted molar refractivity (Wildman–Crippen MR) is 76.8 cm³/mol. The molecule has 2 heteroatoms. The molecule has 98 valence electrons. The fraction of sp³-hybridized carbons (Fsp3) is 0.562. The van der Waals surface area contributed by atoms with Crippen LogP contribution in [-0.4, -0.2) is 18.9 Å². The van der Waals surface area contributed by atoms with Gasteiger partial charge >= 0.3 is 0 Å². The van der Waals surface area contributed by atoms with E-state index in [9.17, 15) is 0 Å². The molecule has 0 bridgehead atoms. The summed E-state index contributed by atoms with van der Waals surface area (Å²) in [4.78, 5) is 4.70. The molecule has 0 amide bonds. The normalized spacial score (nSPS) is 32.2. The Labute approximate surface area is 110 Å². The Morgan fingerprint density at radius 3 is 3.00 bits per heavy atom. The highest BCUT2D eigenvalue weighted by molar-refractivity contribution is 6.03. The van der Waals surface area contributed by atoms with Crippen LogP contribution in [0.15, 0.2) is 42.1 Å². The number of nitrogens with zero attached hydrogens (tertiary/aromatic N) is 1. The van der Waals surface area contributed by atoms with Crippen molar-refractivity contribution in [1.82, 2.24) is 0 Å². The summed E-state index contributed by atoms with van der Waals surface area (Å²) in [6.07, 6.45) is 10.7. The van der Waals surface area contributed by atoms with Crippen LogP contribution in [0.4, 0.5) is 0 Å². The maximum Gasteiger partial charge on any atom is 0.102 e. The van der Waals surface area contributed by atoms with Gasteiger partial charge in [0.2, 0.25) is 0 Å². The summed E-state index contributed by atoms with van der Waals surface area (Å²) in [5.41, 5.74) is 1.36. The van der Waals surface area contributed by atoms with Crippen molar-refractivity contribution in [2.75, 3.05) is 13.2 Å². The van der Waals surface area contributed by atoms with E-state index in [1.807, 2.05) is 19.1 Å². The Morgan fingerprint density at radius 2 is 2.33 bits per heavy atom. The van der Waals surface area contributed by atoms with Gasteiger partial charge in [0.25, 0.3) is 0 Å². The quantitative estimate of drug-likeness (QED) is 0.650. The van der Waals surface area contributed by atoms with Crippen molar-refractivity contribution in [1.29, 1.82) is 0 Å². The van der Waals surface area contributed by atoms with Crippen molar-refractivity contribution in [2.45, 2.75) is 32.6 Å². The van der Waals surface area contributed by atoms with E-state index in [0.717, 1.165) is 18.8 Å². The third-order valence-corrected chi connectivity index (χ3v) is 4.13. The van der Waals surface area contributed by atoms with Crippen LogP contribution in [0, 0.1) is 11.3 Å². The van der Waals surface area contributed by atoms with Gasteiger partial charge < -0.3 is 4.74 Å². The molecular formula is C16H23NO. The molecule has 18 heavy (non-hydrogen) atoms. The van der Waals surface area contributed by atoms with Crippen LogP contribution >= 0.6 is 0 Å². The van der Waals surface area contributed by atoms with Crippen LogP contribution in [0.3, 0.4) is 0 Å². The number of fused-ring (bicyclic) bond motifs is 1. The monoisotopic (exact) mass is 245 g/mol. The summed E-state index contributed by atoms with van der Waals surface area (Å²) >= 11 is 0. The van der Waals surface area contributed by atoms with Gasteiger partial charge in [-0.15, -0.1) is 13.2 Å². The minimum atomic E-state index is 0.162. The zero-order valence-electron chi connectivity index (χ0n) is 11.3. The molecule has 0 aromatic heterocycles. The minimum absolute atomic E-state index is 0.162. The van der Waals surface area contributed by atoms with E-state index in [4.69, 9.17) is 9.73 Å². The summed E-state index contributed by atoms with van der Waals surface area (Å²) in [5, 5.41) is 0. The maximum absolute atomic E-state index is 5.82. The third-order valence-electron chi connectivity index (χ3n) is 4.13. The average molecular weight is 245 g/mol. The Morgan fingerprint density at radius 1 is 1.50 bits per heavy atom. The van der Waals surface area contributed by atoms with E-state index in [1.54, 1.807) is 0 Å². The van der Waals surface area contributed by atoms with Crippen molar-refractivity contribution < 1.29 is 4.74 Å². The van der Waals surface area contributed by atoms with E-state index in [-0.39, 0.29) is 5.41 Å². The first-order valence-corrected chi connectivity index (χ1v) is 6.89. The van der Waals surface area contributed by atoms with Gasteiger partial charge in [0.1, 0.15) is 5.76 Å². The first-order chi connectivity index (χ1) is 8.78. The van der Waals surface area contributed by atoms with E-state index in [2.05, 4.69) is 19.2 Å². The summed E-state index contributed by atoms with van der Waals surface area (Å²) in [6.45, 7) is 11.2. The molecule has 0 heterocycles. The lowest BCUT2D eigenvalue weighted by Crippen LogP contribution is -2.29. The first kappa shape index (κ1) is 13.1. The average Bonchev–Trinajstić information content (AvgIpc) is 2.87. The topological polar surface area (TPSA) is 21.6 Å².